The maximum Gasteiger partial charge on any atom is 0.238 e. The molecule has 1 aromatic rings. The summed E-state index contributed by atoms with van der Waals surface area (Å²) in [6.07, 6.45) is 4.44. The zero-order valence-corrected chi connectivity index (χ0v) is 13.5. The fraction of sp³-hybridized carbons (Fsp3) is 0.467. The number of benzene rings is 1. The number of anilines is 1. The molecule has 0 aliphatic heterocycles. The second-order valence-electron chi connectivity index (χ2n) is 6.49. The fourth-order valence-corrected chi connectivity index (χ4v) is 3.42. The van der Waals surface area contributed by atoms with Crippen LogP contribution >= 0.6 is 0 Å². The lowest BCUT2D eigenvalue weighted by atomic mass is 9.76. The van der Waals surface area contributed by atoms with Gasteiger partial charge in [0.2, 0.25) is 10.0 Å². The molecule has 0 fully saturated rings. The first-order valence-corrected chi connectivity index (χ1v) is 8.57. The molecule has 0 radical (unpaired) electrons. The lowest BCUT2D eigenvalue weighted by Gasteiger charge is -2.32. The van der Waals surface area contributed by atoms with Crippen molar-refractivity contribution in [2.24, 2.45) is 16.5 Å². The Bertz CT molecular complexity index is 633. The van der Waals surface area contributed by atoms with Gasteiger partial charge in [0.05, 0.1) is 10.6 Å². The van der Waals surface area contributed by atoms with Crippen LogP contribution in [0.3, 0.4) is 0 Å². The third-order valence-corrected chi connectivity index (χ3v) is 4.49. The molecule has 4 N–H and O–H groups in total. The van der Waals surface area contributed by atoms with Crippen LogP contribution in [0.15, 0.2) is 40.9 Å². The molecule has 1 aliphatic rings. The molecule has 1 atom stereocenters. The van der Waals surface area contributed by atoms with Crippen LogP contribution in [0.2, 0.25) is 0 Å². The molecule has 0 bridgehead atoms. The van der Waals surface area contributed by atoms with E-state index in [1.807, 2.05) is 0 Å². The van der Waals surface area contributed by atoms with Crippen molar-refractivity contribution in [2.75, 3.05) is 5.43 Å². The molecule has 1 aromatic carbocycles. The Morgan fingerprint density at radius 1 is 1.19 bits per heavy atom. The van der Waals surface area contributed by atoms with E-state index in [1.54, 1.807) is 12.1 Å². The minimum Gasteiger partial charge on any atom is -0.305 e. The van der Waals surface area contributed by atoms with Crippen LogP contribution in [0, 0.1) is 11.3 Å². The van der Waals surface area contributed by atoms with E-state index in [2.05, 4.69) is 37.7 Å². The average molecular weight is 309 g/mol. The molecule has 0 saturated heterocycles. The van der Waals surface area contributed by atoms with Gasteiger partial charge in [-0.1, -0.05) is 26.8 Å². The van der Waals surface area contributed by atoms with Crippen molar-refractivity contribution in [2.45, 2.75) is 38.5 Å². The van der Waals surface area contributed by atoms with Crippen LogP contribution < -0.4 is 16.0 Å². The summed E-state index contributed by atoms with van der Waals surface area (Å²) in [6.45, 7) is 6.70. The van der Waals surface area contributed by atoms with Gasteiger partial charge in [-0.3, -0.25) is 0 Å². The van der Waals surface area contributed by atoms with Gasteiger partial charge < -0.3 is 10.9 Å². The molecule has 5 nitrogen and oxygen atoms in total. The summed E-state index contributed by atoms with van der Waals surface area (Å²) >= 11 is 0. The van der Waals surface area contributed by atoms with Crippen molar-refractivity contribution in [3.05, 3.63) is 36.0 Å². The second kappa shape index (κ2) is 5.69. The molecular formula is C15H23N3O2S. The van der Waals surface area contributed by atoms with Crippen molar-refractivity contribution in [1.82, 2.24) is 5.43 Å². The molecule has 0 unspecified atom stereocenters. The summed E-state index contributed by atoms with van der Waals surface area (Å²) in [5.41, 5.74) is 8.46. The molecule has 2 rings (SSSR count). The van der Waals surface area contributed by atoms with Crippen molar-refractivity contribution < 1.29 is 8.42 Å². The molecule has 0 saturated carbocycles. The predicted octanol–water partition coefficient (Wildman–Crippen LogP) is 2.59. The minimum absolute atomic E-state index is 0.111. The van der Waals surface area contributed by atoms with Gasteiger partial charge in [-0.25, -0.2) is 13.6 Å². The Morgan fingerprint density at radius 2 is 1.81 bits per heavy atom. The number of rotatable bonds is 4. The monoisotopic (exact) mass is 309 g/mol. The maximum absolute atomic E-state index is 11.2. The molecule has 0 spiro atoms. The van der Waals surface area contributed by atoms with Crippen LogP contribution in [0.25, 0.3) is 0 Å². The van der Waals surface area contributed by atoms with E-state index in [4.69, 9.17) is 5.14 Å². The first-order chi connectivity index (χ1) is 9.66. The second-order valence-corrected chi connectivity index (χ2v) is 8.05. The number of hydrazine groups is 1. The predicted molar refractivity (Wildman–Crippen MR) is 84.8 cm³/mol. The summed E-state index contributed by atoms with van der Waals surface area (Å²) in [5, 5.41) is 5.07. The summed E-state index contributed by atoms with van der Waals surface area (Å²) in [7, 11) is -3.64. The minimum atomic E-state index is -3.64. The van der Waals surface area contributed by atoms with E-state index in [1.165, 1.54) is 18.6 Å². The van der Waals surface area contributed by atoms with Crippen LogP contribution in [0.5, 0.6) is 0 Å². The van der Waals surface area contributed by atoms with Crippen LogP contribution in [0.4, 0.5) is 5.69 Å². The molecule has 0 aromatic heterocycles. The molecule has 6 heteroatoms. The number of primary sulfonamides is 1. The molecule has 1 aliphatic carbocycles. The summed E-state index contributed by atoms with van der Waals surface area (Å²) < 4.78 is 22.4. The van der Waals surface area contributed by atoms with E-state index < -0.39 is 10.0 Å². The smallest absolute Gasteiger partial charge is 0.238 e. The SMILES string of the molecule is C[C@@H]1CC(NNc2ccc(S(N)(=O)=O)cc2)=CC(C)(C)C1. The van der Waals surface area contributed by atoms with Crippen molar-refractivity contribution in [3.8, 4) is 0 Å². The zero-order valence-electron chi connectivity index (χ0n) is 12.7. The zero-order chi connectivity index (χ0) is 15.7. The van der Waals surface area contributed by atoms with Gasteiger partial charge in [0.1, 0.15) is 0 Å². The Balaban J connectivity index is 2.02. The molecular weight excluding hydrogens is 286 g/mol. The van der Waals surface area contributed by atoms with E-state index in [-0.39, 0.29) is 10.3 Å². The largest absolute Gasteiger partial charge is 0.305 e. The highest BCUT2D eigenvalue weighted by atomic mass is 32.2. The van der Waals surface area contributed by atoms with Gasteiger partial charge >= 0.3 is 0 Å². The van der Waals surface area contributed by atoms with E-state index in [0.29, 0.717) is 5.92 Å². The van der Waals surface area contributed by atoms with Gasteiger partial charge in [0.15, 0.2) is 0 Å². The number of hydrogen-bond acceptors (Lipinski definition) is 4. The molecule has 21 heavy (non-hydrogen) atoms. The van der Waals surface area contributed by atoms with E-state index in [0.717, 1.165) is 17.8 Å². The van der Waals surface area contributed by atoms with E-state index in [9.17, 15) is 8.42 Å². The lowest BCUT2D eigenvalue weighted by Crippen LogP contribution is -2.29. The molecule has 0 amide bonds. The maximum atomic E-state index is 11.2. The summed E-state index contributed by atoms with van der Waals surface area (Å²) in [6, 6.07) is 6.34. The number of hydrogen-bond donors (Lipinski definition) is 3. The highest BCUT2D eigenvalue weighted by molar-refractivity contribution is 7.89. The Hall–Kier alpha value is -1.53. The molecule has 116 valence electrons. The third-order valence-electron chi connectivity index (χ3n) is 3.56. The van der Waals surface area contributed by atoms with Crippen molar-refractivity contribution in [3.63, 3.8) is 0 Å². The van der Waals surface area contributed by atoms with Gasteiger partial charge in [-0.2, -0.15) is 0 Å². The Labute approximate surface area is 126 Å². The van der Waals surface area contributed by atoms with Crippen molar-refractivity contribution in [1.29, 1.82) is 0 Å². The third kappa shape index (κ3) is 4.47. The highest BCUT2D eigenvalue weighted by Crippen LogP contribution is 2.35. The first-order valence-electron chi connectivity index (χ1n) is 7.02. The van der Waals surface area contributed by atoms with Gasteiger partial charge in [-0.05, 0) is 48.4 Å². The average Bonchev–Trinajstić information content (AvgIpc) is 2.33. The standard InChI is InChI=1S/C15H23N3O2S/c1-11-8-13(10-15(2,3)9-11)18-17-12-4-6-14(7-5-12)21(16,19)20/h4-7,10-11,17-18H,8-9H2,1-3H3,(H2,16,19,20)/t11-/m1/s1. The van der Waals surface area contributed by atoms with Crippen LogP contribution in [-0.4, -0.2) is 8.42 Å². The number of nitrogens with two attached hydrogens (primary N) is 1. The van der Waals surface area contributed by atoms with Crippen LogP contribution in [-0.2, 0) is 10.0 Å². The number of allylic oxidation sites excluding steroid dienone is 2. The Kier molecular flexibility index (Phi) is 4.30. The van der Waals surface area contributed by atoms with Crippen LogP contribution in [0.1, 0.15) is 33.6 Å². The topological polar surface area (TPSA) is 84.2 Å². The molecule has 0 heterocycles. The van der Waals surface area contributed by atoms with Gasteiger partial charge in [0.25, 0.3) is 0 Å². The first kappa shape index (κ1) is 15.9. The highest BCUT2D eigenvalue weighted by Gasteiger charge is 2.25. The van der Waals surface area contributed by atoms with Gasteiger partial charge in [-0.15, -0.1) is 0 Å². The normalized spacial score (nSPS) is 21.5. The lowest BCUT2D eigenvalue weighted by molar-refractivity contribution is 0.316. The Morgan fingerprint density at radius 3 is 2.33 bits per heavy atom. The quantitative estimate of drug-likeness (QED) is 0.746. The number of nitrogens with one attached hydrogen (secondary N) is 2. The van der Waals surface area contributed by atoms with E-state index >= 15 is 0 Å². The van der Waals surface area contributed by atoms with Crippen molar-refractivity contribution >= 4 is 15.7 Å². The summed E-state index contributed by atoms with van der Waals surface area (Å²) in [5.74, 6) is 0.638. The number of sulfonamides is 1. The van der Waals surface area contributed by atoms with Gasteiger partial charge in [0, 0.05) is 5.70 Å². The fourth-order valence-electron chi connectivity index (χ4n) is 2.90. The summed E-state index contributed by atoms with van der Waals surface area (Å²) in [4.78, 5) is 0.111.